The van der Waals surface area contributed by atoms with Crippen LogP contribution >= 0.6 is 0 Å². The molecule has 0 aromatic carbocycles. The summed E-state index contributed by atoms with van der Waals surface area (Å²) in [5.74, 6) is 0.538. The predicted octanol–water partition coefficient (Wildman–Crippen LogP) is 2.49. The third-order valence-corrected chi connectivity index (χ3v) is 3.35. The first kappa shape index (κ1) is 11.6. The molecule has 1 aromatic rings. The van der Waals surface area contributed by atoms with Gasteiger partial charge < -0.3 is 4.90 Å². The van der Waals surface area contributed by atoms with E-state index < -0.39 is 0 Å². The van der Waals surface area contributed by atoms with Gasteiger partial charge in [0.15, 0.2) is 0 Å². The van der Waals surface area contributed by atoms with Gasteiger partial charge >= 0.3 is 0 Å². The second-order valence-corrected chi connectivity index (χ2v) is 5.06. The molecule has 3 nitrogen and oxygen atoms in total. The minimum atomic E-state index is 0.538. The summed E-state index contributed by atoms with van der Waals surface area (Å²) in [5, 5.41) is 4.58. The number of likely N-dealkylation sites (tertiary alicyclic amines) is 1. The molecule has 0 bridgehead atoms. The molecule has 3 heteroatoms. The van der Waals surface area contributed by atoms with E-state index in [2.05, 4.69) is 40.8 Å². The minimum absolute atomic E-state index is 0.538. The van der Waals surface area contributed by atoms with Gasteiger partial charge in [-0.1, -0.05) is 20.3 Å². The maximum absolute atomic E-state index is 4.58. The molecule has 0 N–H and O–H groups in total. The molecular formula is C13H23N3. The molecule has 16 heavy (non-hydrogen) atoms. The van der Waals surface area contributed by atoms with E-state index in [1.165, 1.54) is 38.0 Å². The van der Waals surface area contributed by atoms with Crippen LogP contribution in [0.2, 0.25) is 0 Å². The average molecular weight is 221 g/mol. The molecule has 0 atom stereocenters. The van der Waals surface area contributed by atoms with E-state index in [0.717, 1.165) is 13.1 Å². The number of nitrogens with zero attached hydrogens (tertiary/aromatic N) is 3. The lowest BCUT2D eigenvalue weighted by molar-refractivity contribution is 0.217. The Balaban J connectivity index is 1.79. The van der Waals surface area contributed by atoms with Crippen molar-refractivity contribution in [2.75, 3.05) is 19.6 Å². The first-order valence-corrected chi connectivity index (χ1v) is 6.51. The summed E-state index contributed by atoms with van der Waals surface area (Å²) in [6.45, 7) is 9.12. The SMILES string of the molecule is CC(C)c1ccn(CCN2CCCCC2)n1. The highest BCUT2D eigenvalue weighted by atomic mass is 15.3. The van der Waals surface area contributed by atoms with Crippen molar-refractivity contribution < 1.29 is 0 Å². The van der Waals surface area contributed by atoms with Crippen molar-refractivity contribution >= 4 is 0 Å². The van der Waals surface area contributed by atoms with Crippen molar-refractivity contribution in [3.05, 3.63) is 18.0 Å². The van der Waals surface area contributed by atoms with Crippen LogP contribution in [0.1, 0.15) is 44.7 Å². The zero-order chi connectivity index (χ0) is 11.4. The van der Waals surface area contributed by atoms with Gasteiger partial charge in [0.05, 0.1) is 12.2 Å². The summed E-state index contributed by atoms with van der Waals surface area (Å²) in [5.41, 5.74) is 1.21. The van der Waals surface area contributed by atoms with E-state index in [1.54, 1.807) is 0 Å². The van der Waals surface area contributed by atoms with Crippen molar-refractivity contribution in [2.45, 2.75) is 45.6 Å². The van der Waals surface area contributed by atoms with Gasteiger partial charge in [-0.05, 0) is 37.9 Å². The third kappa shape index (κ3) is 3.08. The van der Waals surface area contributed by atoms with Crippen LogP contribution in [0.3, 0.4) is 0 Å². The number of hydrogen-bond acceptors (Lipinski definition) is 2. The molecule has 0 unspecified atom stereocenters. The Morgan fingerprint density at radius 2 is 1.94 bits per heavy atom. The van der Waals surface area contributed by atoms with Gasteiger partial charge in [0.25, 0.3) is 0 Å². The van der Waals surface area contributed by atoms with Gasteiger partial charge in [-0.3, -0.25) is 4.68 Å². The fourth-order valence-electron chi connectivity index (χ4n) is 2.24. The Morgan fingerprint density at radius 1 is 1.19 bits per heavy atom. The standard InChI is InChI=1S/C13H23N3/c1-12(2)13-6-9-16(14-13)11-10-15-7-4-3-5-8-15/h6,9,12H,3-5,7-8,10-11H2,1-2H3. The largest absolute Gasteiger partial charge is 0.301 e. The first-order valence-electron chi connectivity index (χ1n) is 6.51. The fourth-order valence-corrected chi connectivity index (χ4v) is 2.24. The van der Waals surface area contributed by atoms with E-state index in [-0.39, 0.29) is 0 Å². The van der Waals surface area contributed by atoms with Gasteiger partial charge in [-0.25, -0.2) is 0 Å². The maximum atomic E-state index is 4.58. The number of rotatable bonds is 4. The van der Waals surface area contributed by atoms with Gasteiger partial charge in [-0.15, -0.1) is 0 Å². The Labute approximate surface area is 98.4 Å². The number of piperidine rings is 1. The van der Waals surface area contributed by atoms with Crippen molar-refractivity contribution in [3.8, 4) is 0 Å². The summed E-state index contributed by atoms with van der Waals surface area (Å²) >= 11 is 0. The van der Waals surface area contributed by atoms with Crippen molar-refractivity contribution in [2.24, 2.45) is 0 Å². The van der Waals surface area contributed by atoms with Gasteiger partial charge in [0.2, 0.25) is 0 Å². The highest BCUT2D eigenvalue weighted by Crippen LogP contribution is 2.11. The van der Waals surface area contributed by atoms with Crippen molar-refractivity contribution in [1.29, 1.82) is 0 Å². The van der Waals surface area contributed by atoms with Crippen LogP contribution in [0.15, 0.2) is 12.3 Å². The summed E-state index contributed by atoms with van der Waals surface area (Å²) in [4.78, 5) is 2.56. The van der Waals surface area contributed by atoms with E-state index in [9.17, 15) is 0 Å². The Morgan fingerprint density at radius 3 is 2.56 bits per heavy atom. The van der Waals surface area contributed by atoms with Crippen LogP contribution in [0.25, 0.3) is 0 Å². The normalized spacial score (nSPS) is 18.2. The van der Waals surface area contributed by atoms with Crippen molar-refractivity contribution in [3.63, 3.8) is 0 Å². The molecule has 2 rings (SSSR count). The molecule has 90 valence electrons. The second-order valence-electron chi connectivity index (χ2n) is 5.06. The lowest BCUT2D eigenvalue weighted by Crippen LogP contribution is -2.32. The van der Waals surface area contributed by atoms with Gasteiger partial charge in [0.1, 0.15) is 0 Å². The summed E-state index contributed by atoms with van der Waals surface area (Å²) in [6.07, 6.45) is 6.27. The summed E-state index contributed by atoms with van der Waals surface area (Å²) < 4.78 is 2.09. The quantitative estimate of drug-likeness (QED) is 0.779. The topological polar surface area (TPSA) is 21.1 Å². The third-order valence-electron chi connectivity index (χ3n) is 3.35. The number of aromatic nitrogens is 2. The smallest absolute Gasteiger partial charge is 0.0649 e. The van der Waals surface area contributed by atoms with E-state index in [1.807, 2.05) is 0 Å². The molecule has 0 saturated carbocycles. The molecule has 1 aliphatic rings. The van der Waals surface area contributed by atoms with E-state index in [0.29, 0.717) is 5.92 Å². The zero-order valence-corrected chi connectivity index (χ0v) is 10.5. The Kier molecular flexibility index (Phi) is 3.99. The fraction of sp³-hybridized carbons (Fsp3) is 0.769. The lowest BCUT2D eigenvalue weighted by atomic mass is 10.1. The van der Waals surface area contributed by atoms with Crippen molar-refractivity contribution in [1.82, 2.24) is 14.7 Å². The molecule has 1 fully saturated rings. The van der Waals surface area contributed by atoms with Crippen LogP contribution in [0.5, 0.6) is 0 Å². The first-order chi connectivity index (χ1) is 7.75. The summed E-state index contributed by atoms with van der Waals surface area (Å²) in [7, 11) is 0. The van der Waals surface area contributed by atoms with Crippen LogP contribution in [0.4, 0.5) is 0 Å². The van der Waals surface area contributed by atoms with Gasteiger partial charge in [-0.2, -0.15) is 5.10 Å². The molecule has 0 spiro atoms. The summed E-state index contributed by atoms with van der Waals surface area (Å²) in [6, 6.07) is 2.14. The molecular weight excluding hydrogens is 198 g/mol. The van der Waals surface area contributed by atoms with Crippen LogP contribution < -0.4 is 0 Å². The molecule has 2 heterocycles. The van der Waals surface area contributed by atoms with Crippen LogP contribution in [0, 0.1) is 0 Å². The number of hydrogen-bond donors (Lipinski definition) is 0. The molecule has 1 aliphatic heterocycles. The lowest BCUT2D eigenvalue weighted by Gasteiger charge is -2.26. The Hall–Kier alpha value is -0.830. The Bertz CT molecular complexity index is 311. The van der Waals surface area contributed by atoms with E-state index in [4.69, 9.17) is 0 Å². The van der Waals surface area contributed by atoms with E-state index >= 15 is 0 Å². The minimum Gasteiger partial charge on any atom is -0.301 e. The zero-order valence-electron chi connectivity index (χ0n) is 10.5. The maximum Gasteiger partial charge on any atom is 0.0649 e. The highest BCUT2D eigenvalue weighted by Gasteiger charge is 2.10. The molecule has 0 aliphatic carbocycles. The molecule has 0 radical (unpaired) electrons. The van der Waals surface area contributed by atoms with Gasteiger partial charge in [0, 0.05) is 12.7 Å². The molecule has 1 saturated heterocycles. The van der Waals surface area contributed by atoms with Crippen LogP contribution in [-0.4, -0.2) is 34.3 Å². The van der Waals surface area contributed by atoms with Crippen LogP contribution in [-0.2, 0) is 6.54 Å². The second kappa shape index (κ2) is 5.48. The molecule has 1 aromatic heterocycles. The average Bonchev–Trinajstić information content (AvgIpc) is 2.76. The highest BCUT2D eigenvalue weighted by molar-refractivity contribution is 5.03. The monoisotopic (exact) mass is 221 g/mol. The molecule has 0 amide bonds. The predicted molar refractivity (Wildman–Crippen MR) is 66.6 cm³/mol.